The number of fused-ring (bicyclic) bond motifs is 3. The van der Waals surface area contributed by atoms with Crippen LogP contribution in [0.3, 0.4) is 0 Å². The fourth-order valence-corrected chi connectivity index (χ4v) is 4.86. The molecule has 0 saturated carbocycles. The number of ether oxygens (including phenoxy) is 1. The fourth-order valence-electron chi connectivity index (χ4n) is 4.86. The van der Waals surface area contributed by atoms with E-state index >= 15 is 0 Å². The summed E-state index contributed by atoms with van der Waals surface area (Å²) in [4.78, 5) is 15.8. The van der Waals surface area contributed by atoms with Crippen LogP contribution in [0.15, 0.2) is 72.8 Å². The number of hydrogen-bond acceptors (Lipinski definition) is 5. The van der Waals surface area contributed by atoms with Gasteiger partial charge in [-0.2, -0.15) is 0 Å². The molecule has 186 valence electrons. The van der Waals surface area contributed by atoms with Crippen molar-refractivity contribution in [3.63, 3.8) is 0 Å². The number of nitrogens with zero attached hydrogens (tertiary/aromatic N) is 4. The lowest BCUT2D eigenvalue weighted by atomic mass is 10.0. The van der Waals surface area contributed by atoms with Crippen LogP contribution in [0.4, 0.5) is 5.69 Å². The van der Waals surface area contributed by atoms with Gasteiger partial charge in [0.2, 0.25) is 5.91 Å². The lowest BCUT2D eigenvalue weighted by Gasteiger charge is -2.33. The van der Waals surface area contributed by atoms with Gasteiger partial charge in [-0.3, -0.25) is 4.79 Å². The number of para-hydroxylation sites is 3. The summed E-state index contributed by atoms with van der Waals surface area (Å²) < 4.78 is 8.18. The normalized spacial score (nSPS) is 16.0. The molecular formula is C29H33N5O2. The van der Waals surface area contributed by atoms with Gasteiger partial charge >= 0.3 is 0 Å². The van der Waals surface area contributed by atoms with E-state index in [9.17, 15) is 4.79 Å². The molecule has 1 N–H and O–H groups in total. The third kappa shape index (κ3) is 5.35. The first-order valence-corrected chi connectivity index (χ1v) is 12.7. The lowest BCUT2D eigenvalue weighted by molar-refractivity contribution is -0.135. The number of rotatable bonds is 5. The number of amides is 1. The number of benzene rings is 3. The van der Waals surface area contributed by atoms with Crippen LogP contribution in [0.1, 0.15) is 37.8 Å². The number of nitrogens with one attached hydrogen (secondary N) is 1. The first-order chi connectivity index (χ1) is 17.6. The highest BCUT2D eigenvalue weighted by atomic mass is 16.5. The molecule has 1 aliphatic rings. The molecule has 1 aliphatic heterocycles. The standard InChI is InChI=1S/C29H33N5O2/c1-21(2)17-24-20-36-28-14-8-4-9-22(28)18-30-25-11-5-3-10-23(25)19-33(24)29(35)15-16-34-27-13-7-6-12-26(27)31-32-34/h3-14,21,24,30H,15-20H2,1-2H3/t24-/m0/s1. The molecule has 2 heterocycles. The van der Waals surface area contributed by atoms with Gasteiger partial charge in [0.1, 0.15) is 17.9 Å². The molecule has 0 radical (unpaired) electrons. The minimum absolute atomic E-state index is 0.0517. The van der Waals surface area contributed by atoms with Gasteiger partial charge in [0.15, 0.2) is 0 Å². The number of carbonyl (C=O) groups excluding carboxylic acids is 1. The molecule has 0 saturated heterocycles. The maximum absolute atomic E-state index is 13.8. The van der Waals surface area contributed by atoms with Crippen molar-refractivity contribution in [2.45, 2.75) is 52.4 Å². The minimum Gasteiger partial charge on any atom is -0.491 e. The first kappa shape index (κ1) is 23.9. The maximum Gasteiger partial charge on any atom is 0.225 e. The van der Waals surface area contributed by atoms with E-state index in [0.717, 1.165) is 40.0 Å². The Morgan fingerprint density at radius 1 is 1.03 bits per heavy atom. The maximum atomic E-state index is 13.8. The van der Waals surface area contributed by atoms with Gasteiger partial charge in [0.25, 0.3) is 0 Å². The fraction of sp³-hybridized carbons (Fsp3) is 0.345. The van der Waals surface area contributed by atoms with Crippen LogP contribution in [-0.4, -0.2) is 38.4 Å². The first-order valence-electron chi connectivity index (χ1n) is 12.7. The molecule has 1 atom stereocenters. The zero-order valence-electron chi connectivity index (χ0n) is 20.9. The third-order valence-electron chi connectivity index (χ3n) is 6.69. The number of aromatic nitrogens is 3. The van der Waals surface area contributed by atoms with E-state index < -0.39 is 0 Å². The highest BCUT2D eigenvalue weighted by molar-refractivity contribution is 5.78. The SMILES string of the molecule is CC(C)C[C@H]1COc2ccccc2CNc2ccccc2CN1C(=O)CCn1nnc2ccccc21. The number of anilines is 1. The van der Waals surface area contributed by atoms with Crippen LogP contribution in [0.25, 0.3) is 11.0 Å². The number of carbonyl (C=O) groups is 1. The van der Waals surface area contributed by atoms with E-state index in [1.54, 1.807) is 0 Å². The Morgan fingerprint density at radius 3 is 2.64 bits per heavy atom. The highest BCUT2D eigenvalue weighted by Crippen LogP contribution is 2.27. The monoisotopic (exact) mass is 483 g/mol. The summed E-state index contributed by atoms with van der Waals surface area (Å²) in [5.41, 5.74) is 5.03. The topological polar surface area (TPSA) is 72.3 Å². The smallest absolute Gasteiger partial charge is 0.225 e. The van der Waals surface area contributed by atoms with Crippen LogP contribution >= 0.6 is 0 Å². The van der Waals surface area contributed by atoms with Crippen LogP contribution in [0.5, 0.6) is 5.75 Å². The molecular weight excluding hydrogens is 450 g/mol. The zero-order chi connectivity index (χ0) is 24.9. The Labute approximate surface area is 212 Å². The predicted molar refractivity (Wildman–Crippen MR) is 142 cm³/mol. The second-order valence-corrected chi connectivity index (χ2v) is 9.79. The molecule has 36 heavy (non-hydrogen) atoms. The van der Waals surface area contributed by atoms with E-state index in [-0.39, 0.29) is 11.9 Å². The third-order valence-corrected chi connectivity index (χ3v) is 6.69. The van der Waals surface area contributed by atoms with Gasteiger partial charge in [-0.05, 0) is 42.2 Å². The van der Waals surface area contributed by atoms with Crippen molar-refractivity contribution in [3.05, 3.63) is 83.9 Å². The second-order valence-electron chi connectivity index (χ2n) is 9.79. The largest absolute Gasteiger partial charge is 0.491 e. The Bertz CT molecular complexity index is 1330. The zero-order valence-corrected chi connectivity index (χ0v) is 20.9. The molecule has 0 fully saturated rings. The summed E-state index contributed by atoms with van der Waals surface area (Å²) in [6.07, 6.45) is 1.20. The van der Waals surface area contributed by atoms with Gasteiger partial charge in [-0.25, -0.2) is 4.68 Å². The molecule has 7 heteroatoms. The van der Waals surface area contributed by atoms with Gasteiger partial charge in [-0.15, -0.1) is 5.10 Å². The predicted octanol–water partition coefficient (Wildman–Crippen LogP) is 5.27. The van der Waals surface area contributed by atoms with Gasteiger partial charge in [0.05, 0.1) is 18.1 Å². The van der Waals surface area contributed by atoms with E-state index in [4.69, 9.17) is 4.74 Å². The molecule has 0 spiro atoms. The Morgan fingerprint density at radius 2 is 1.78 bits per heavy atom. The summed E-state index contributed by atoms with van der Waals surface area (Å²) in [6.45, 7) is 6.51. The lowest BCUT2D eigenvalue weighted by Crippen LogP contribution is -2.44. The highest BCUT2D eigenvalue weighted by Gasteiger charge is 2.27. The average molecular weight is 484 g/mol. The molecule has 3 aromatic carbocycles. The van der Waals surface area contributed by atoms with E-state index in [2.05, 4.69) is 47.7 Å². The van der Waals surface area contributed by atoms with Gasteiger partial charge in [0, 0.05) is 30.8 Å². The number of hydrogen-bond donors (Lipinski definition) is 1. The van der Waals surface area contributed by atoms with Crippen molar-refractivity contribution >= 4 is 22.6 Å². The summed E-state index contributed by atoms with van der Waals surface area (Å²) in [6, 6.07) is 24.2. The molecule has 0 bridgehead atoms. The van der Waals surface area contributed by atoms with Crippen molar-refractivity contribution in [1.82, 2.24) is 19.9 Å². The van der Waals surface area contributed by atoms with E-state index in [1.165, 1.54) is 0 Å². The second kappa shape index (κ2) is 10.8. The molecule has 1 amide bonds. The molecule has 0 aliphatic carbocycles. The molecule has 5 rings (SSSR count). The molecule has 0 unspecified atom stereocenters. The van der Waals surface area contributed by atoms with Crippen LogP contribution in [0, 0.1) is 5.92 Å². The van der Waals surface area contributed by atoms with Crippen molar-refractivity contribution < 1.29 is 9.53 Å². The molecule has 7 nitrogen and oxygen atoms in total. The van der Waals surface area contributed by atoms with Gasteiger partial charge < -0.3 is 15.0 Å². The van der Waals surface area contributed by atoms with Crippen molar-refractivity contribution in [2.75, 3.05) is 11.9 Å². The van der Waals surface area contributed by atoms with Gasteiger partial charge in [-0.1, -0.05) is 67.6 Å². The Balaban J connectivity index is 1.45. The Kier molecular flexibility index (Phi) is 7.16. The number of aryl methyl sites for hydroxylation is 1. The average Bonchev–Trinajstić information content (AvgIpc) is 3.30. The molecule has 4 aromatic rings. The summed E-state index contributed by atoms with van der Waals surface area (Å²) in [7, 11) is 0. The minimum atomic E-state index is -0.0517. The van der Waals surface area contributed by atoms with Crippen molar-refractivity contribution in [3.8, 4) is 5.75 Å². The molecule has 1 aromatic heterocycles. The summed E-state index contributed by atoms with van der Waals surface area (Å²) in [5, 5.41) is 12.1. The Hall–Kier alpha value is -3.87. The van der Waals surface area contributed by atoms with Crippen molar-refractivity contribution in [2.24, 2.45) is 5.92 Å². The van der Waals surface area contributed by atoms with E-state index in [0.29, 0.717) is 38.6 Å². The van der Waals surface area contributed by atoms with Crippen LogP contribution < -0.4 is 10.1 Å². The van der Waals surface area contributed by atoms with E-state index in [1.807, 2.05) is 64.2 Å². The summed E-state index contributed by atoms with van der Waals surface area (Å²) >= 11 is 0. The van der Waals surface area contributed by atoms with Crippen LogP contribution in [0.2, 0.25) is 0 Å². The van der Waals surface area contributed by atoms with Crippen LogP contribution in [-0.2, 0) is 24.4 Å². The quantitative estimate of drug-likeness (QED) is 0.419. The van der Waals surface area contributed by atoms with Crippen molar-refractivity contribution in [1.29, 1.82) is 0 Å². The summed E-state index contributed by atoms with van der Waals surface area (Å²) in [5.74, 6) is 1.37.